The Morgan fingerprint density at radius 2 is 1.80 bits per heavy atom. The van der Waals surface area contributed by atoms with Crippen molar-refractivity contribution in [2.75, 3.05) is 60.0 Å². The predicted molar refractivity (Wildman–Crippen MR) is 189 cm³/mol. The number of nitrogens with one attached hydrogen (secondary N) is 2. The smallest absolute Gasteiger partial charge is 0.410 e. The van der Waals surface area contributed by atoms with E-state index in [1.165, 1.54) is 11.1 Å². The maximum Gasteiger partial charge on any atom is 0.410 e. The number of hydrogen-bond donors (Lipinski definition) is 2. The van der Waals surface area contributed by atoms with Crippen LogP contribution >= 0.6 is 0 Å². The van der Waals surface area contributed by atoms with Gasteiger partial charge < -0.3 is 29.9 Å². The van der Waals surface area contributed by atoms with Crippen LogP contribution < -0.4 is 15.4 Å². The maximum atomic E-state index is 14.0. The molecule has 6 rings (SSSR count). The summed E-state index contributed by atoms with van der Waals surface area (Å²) in [5, 5.41) is 8.14. The fraction of sp³-hybridized carbons (Fsp3) is 0.342. The molecule has 4 amide bonds. The number of aromatic nitrogens is 1. The molecule has 0 saturated carbocycles. The molecule has 2 N–H and O–H groups in total. The third kappa shape index (κ3) is 8.75. The number of carbonyl (C=O) groups is 4. The van der Waals surface area contributed by atoms with Crippen molar-refractivity contribution in [3.8, 4) is 16.9 Å². The quantitative estimate of drug-likeness (QED) is 0.318. The normalized spacial score (nSPS) is 18.2. The van der Waals surface area contributed by atoms with Gasteiger partial charge in [-0.3, -0.25) is 24.3 Å². The fourth-order valence-corrected chi connectivity index (χ4v) is 6.28. The summed E-state index contributed by atoms with van der Waals surface area (Å²) in [6, 6.07) is 22.5. The Morgan fingerprint density at radius 3 is 2.64 bits per heavy atom. The van der Waals surface area contributed by atoms with Crippen LogP contribution in [0, 0.1) is 0 Å². The number of fused-ring (bicyclic) bond motifs is 7. The van der Waals surface area contributed by atoms with E-state index < -0.39 is 6.09 Å². The summed E-state index contributed by atoms with van der Waals surface area (Å²) in [5.41, 5.74) is 2.82. The Kier molecular flexibility index (Phi) is 10.9. The third-order valence-electron chi connectivity index (χ3n) is 8.90. The first-order valence-corrected chi connectivity index (χ1v) is 16.8. The van der Waals surface area contributed by atoms with Crippen molar-refractivity contribution >= 4 is 34.6 Å². The molecule has 0 radical (unpaired) electrons. The van der Waals surface area contributed by atoms with E-state index in [0.717, 1.165) is 27.5 Å². The Bertz CT molecular complexity index is 1860. The Morgan fingerprint density at radius 1 is 0.980 bits per heavy atom. The highest BCUT2D eigenvalue weighted by atomic mass is 16.6. The van der Waals surface area contributed by atoms with Gasteiger partial charge in [-0.1, -0.05) is 54.6 Å². The number of likely N-dealkylation sites (N-methyl/N-ethyl adjacent to an activating group) is 1. The van der Waals surface area contributed by atoms with Crippen LogP contribution in [0.5, 0.6) is 5.75 Å². The molecule has 2 atom stereocenters. The summed E-state index contributed by atoms with van der Waals surface area (Å²) in [7, 11) is 3.74. The summed E-state index contributed by atoms with van der Waals surface area (Å²) in [6.45, 7) is 0.969. The molecule has 50 heavy (non-hydrogen) atoms. The second-order valence-corrected chi connectivity index (χ2v) is 13.0. The number of ether oxygens (including phenoxy) is 2. The Hall–Kier alpha value is -5.49. The molecule has 12 heteroatoms. The lowest BCUT2D eigenvalue weighted by molar-refractivity contribution is -0.133. The minimum absolute atomic E-state index is 0.0487. The van der Waals surface area contributed by atoms with E-state index in [-0.39, 0.29) is 75.6 Å². The number of nitrogens with zero attached hydrogens (tertiary/aromatic N) is 4. The van der Waals surface area contributed by atoms with Crippen LogP contribution in [0.15, 0.2) is 85.2 Å². The number of pyridine rings is 1. The average molecular weight is 679 g/mol. The molecule has 4 bridgehead atoms. The van der Waals surface area contributed by atoms with Crippen LogP contribution in [0.3, 0.4) is 0 Å². The van der Waals surface area contributed by atoms with E-state index in [9.17, 15) is 19.2 Å². The molecule has 260 valence electrons. The monoisotopic (exact) mass is 678 g/mol. The zero-order chi connectivity index (χ0) is 35.0. The highest BCUT2D eigenvalue weighted by Gasteiger charge is 2.37. The molecule has 1 saturated heterocycles. The molecular formula is C38H42N6O6. The number of carbonyl (C=O) groups excluding carboxylic acids is 4. The summed E-state index contributed by atoms with van der Waals surface area (Å²) in [5.74, 6) is -0.220. The predicted octanol–water partition coefficient (Wildman–Crippen LogP) is 3.35. The van der Waals surface area contributed by atoms with Gasteiger partial charge in [-0.05, 0) is 60.6 Å². The minimum atomic E-state index is -0.653. The van der Waals surface area contributed by atoms with Crippen LogP contribution in [-0.2, 0) is 20.7 Å². The van der Waals surface area contributed by atoms with Crippen LogP contribution in [0.25, 0.3) is 21.9 Å². The SMILES string of the molecule is CN(C)CCOC(=O)N1CCNC(=O)c2cncc(c2)-c2cccc(c2)OC[C@@H]2C[C@@H](NC(=O)Cc3ccc4ccccc4c3)CN2C(=O)C1. The van der Waals surface area contributed by atoms with Gasteiger partial charge in [0.2, 0.25) is 11.8 Å². The number of amides is 4. The van der Waals surface area contributed by atoms with Crippen LogP contribution in [0.1, 0.15) is 22.3 Å². The Balaban J connectivity index is 1.21. The fourth-order valence-electron chi connectivity index (χ4n) is 6.28. The van der Waals surface area contributed by atoms with Crippen molar-refractivity contribution in [1.82, 2.24) is 30.3 Å². The standard InChI is InChI=1S/C38H42N6O6/c1-42(2)14-15-49-38(48)43-13-12-40-37(47)31-18-30(21-39-22-31)29-8-5-9-34(19-29)50-25-33-20-32(23-44(33)36(46)24-43)41-35(45)17-26-10-11-27-6-3-4-7-28(27)16-26/h3-11,16,18-19,21-22,32-33H,12-15,17,20,23-25H2,1-2H3,(H,40,47)(H,41,45)/t32-,33+/m1/s1. The third-order valence-corrected chi connectivity index (χ3v) is 8.90. The van der Waals surface area contributed by atoms with E-state index in [2.05, 4.69) is 15.6 Å². The van der Waals surface area contributed by atoms with Crippen molar-refractivity contribution in [1.29, 1.82) is 0 Å². The van der Waals surface area contributed by atoms with E-state index in [1.54, 1.807) is 17.2 Å². The highest BCUT2D eigenvalue weighted by Crippen LogP contribution is 2.26. The number of hydrogen-bond acceptors (Lipinski definition) is 8. The van der Waals surface area contributed by atoms with Gasteiger partial charge in [-0.15, -0.1) is 0 Å². The van der Waals surface area contributed by atoms with Crippen molar-refractivity contribution < 1.29 is 28.7 Å². The molecule has 3 heterocycles. The van der Waals surface area contributed by atoms with Gasteiger partial charge in [0.25, 0.3) is 5.91 Å². The zero-order valence-electron chi connectivity index (χ0n) is 28.3. The summed E-state index contributed by atoms with van der Waals surface area (Å²) >= 11 is 0. The van der Waals surface area contributed by atoms with Crippen LogP contribution in [0.4, 0.5) is 4.79 Å². The van der Waals surface area contributed by atoms with E-state index >= 15 is 0 Å². The zero-order valence-corrected chi connectivity index (χ0v) is 28.3. The lowest BCUT2D eigenvalue weighted by atomic mass is 10.0. The van der Waals surface area contributed by atoms with Crippen molar-refractivity contribution in [2.24, 2.45) is 0 Å². The second-order valence-electron chi connectivity index (χ2n) is 13.0. The molecule has 4 aromatic rings. The average Bonchev–Trinajstić information content (AvgIpc) is 3.52. The van der Waals surface area contributed by atoms with Gasteiger partial charge in [0.05, 0.1) is 18.0 Å². The van der Waals surface area contributed by atoms with Crippen molar-refractivity contribution in [3.05, 3.63) is 96.3 Å². The van der Waals surface area contributed by atoms with Gasteiger partial charge >= 0.3 is 6.09 Å². The van der Waals surface area contributed by atoms with E-state index in [0.29, 0.717) is 24.3 Å². The second kappa shape index (κ2) is 15.8. The van der Waals surface area contributed by atoms with Gasteiger partial charge in [0.1, 0.15) is 25.5 Å². The topological polar surface area (TPSA) is 133 Å². The van der Waals surface area contributed by atoms with Crippen molar-refractivity contribution in [3.63, 3.8) is 0 Å². The van der Waals surface area contributed by atoms with Gasteiger partial charge in [-0.25, -0.2) is 4.79 Å². The maximum absolute atomic E-state index is 14.0. The van der Waals surface area contributed by atoms with Crippen LogP contribution in [0.2, 0.25) is 0 Å². The lowest BCUT2D eigenvalue weighted by Crippen LogP contribution is -2.48. The minimum Gasteiger partial charge on any atom is -0.491 e. The first-order valence-electron chi connectivity index (χ1n) is 16.8. The molecule has 1 fully saturated rings. The van der Waals surface area contributed by atoms with Gasteiger partial charge in [0.15, 0.2) is 0 Å². The highest BCUT2D eigenvalue weighted by molar-refractivity contribution is 5.95. The molecule has 0 unspecified atom stereocenters. The summed E-state index contributed by atoms with van der Waals surface area (Å²) in [4.78, 5) is 62.6. The van der Waals surface area contributed by atoms with Gasteiger partial charge in [-0.2, -0.15) is 0 Å². The molecular weight excluding hydrogens is 636 g/mol. The lowest BCUT2D eigenvalue weighted by Gasteiger charge is -2.28. The summed E-state index contributed by atoms with van der Waals surface area (Å²) < 4.78 is 11.7. The van der Waals surface area contributed by atoms with Gasteiger partial charge in [0, 0.05) is 50.2 Å². The first-order chi connectivity index (χ1) is 24.2. The summed E-state index contributed by atoms with van der Waals surface area (Å²) in [6.07, 6.45) is 3.19. The molecule has 0 spiro atoms. The Labute approximate surface area is 291 Å². The van der Waals surface area contributed by atoms with Crippen molar-refractivity contribution in [2.45, 2.75) is 24.9 Å². The molecule has 0 aliphatic carbocycles. The number of benzene rings is 3. The molecule has 2 aliphatic heterocycles. The largest absolute Gasteiger partial charge is 0.491 e. The van der Waals surface area contributed by atoms with E-state index in [1.807, 2.05) is 85.7 Å². The van der Waals surface area contributed by atoms with E-state index in [4.69, 9.17) is 9.47 Å². The molecule has 3 aromatic carbocycles. The molecule has 12 nitrogen and oxygen atoms in total. The number of rotatable bonds is 6. The van der Waals surface area contributed by atoms with Crippen LogP contribution in [-0.4, -0.2) is 116 Å². The first kappa shape index (κ1) is 34.4. The molecule has 2 aliphatic rings. The molecule has 1 aromatic heterocycles.